The summed E-state index contributed by atoms with van der Waals surface area (Å²) in [5.74, 6) is 0.0909. The molecule has 0 spiro atoms. The van der Waals surface area contributed by atoms with Crippen LogP contribution < -0.4 is 0 Å². The molecule has 0 N–H and O–H groups in total. The van der Waals surface area contributed by atoms with Crippen LogP contribution in [0.4, 0.5) is 0 Å². The lowest BCUT2D eigenvalue weighted by Crippen LogP contribution is -2.45. The van der Waals surface area contributed by atoms with E-state index in [1.165, 1.54) is 0 Å². The normalized spacial score (nSPS) is 20.2. The highest BCUT2D eigenvalue weighted by Gasteiger charge is 2.37. The third-order valence-electron chi connectivity index (χ3n) is 5.27. The molecule has 2 fully saturated rings. The van der Waals surface area contributed by atoms with Crippen molar-refractivity contribution in [3.8, 4) is 0 Å². The van der Waals surface area contributed by atoms with Crippen molar-refractivity contribution >= 4 is 17.5 Å². The molecule has 1 saturated carbocycles. The molecule has 4 rings (SSSR count). The number of pyridine rings is 1. The summed E-state index contributed by atoms with van der Waals surface area (Å²) in [6.45, 7) is 5.04. The van der Waals surface area contributed by atoms with Gasteiger partial charge in [-0.1, -0.05) is 0 Å². The lowest BCUT2D eigenvalue weighted by molar-refractivity contribution is -0.130. The maximum absolute atomic E-state index is 13.0. The topological polar surface area (TPSA) is 57.9 Å². The molecule has 3 heterocycles. The number of fused-ring (bicyclic) bond motifs is 1. The van der Waals surface area contributed by atoms with Gasteiger partial charge in [0.25, 0.3) is 5.91 Å². The van der Waals surface area contributed by atoms with Gasteiger partial charge >= 0.3 is 0 Å². The van der Waals surface area contributed by atoms with Crippen molar-refractivity contribution in [3.63, 3.8) is 0 Å². The Morgan fingerprint density at radius 2 is 2.12 bits per heavy atom. The van der Waals surface area contributed by atoms with Gasteiger partial charge in [0.05, 0.1) is 0 Å². The van der Waals surface area contributed by atoms with Crippen LogP contribution in [0.2, 0.25) is 0 Å². The second-order valence-electron chi connectivity index (χ2n) is 7.29. The number of aryl methyl sites for hydroxylation is 1. The Labute approximate surface area is 147 Å². The van der Waals surface area contributed by atoms with E-state index >= 15 is 0 Å². The number of imidazole rings is 1. The molecule has 1 aliphatic carbocycles. The van der Waals surface area contributed by atoms with E-state index in [0.29, 0.717) is 18.3 Å². The number of likely N-dealkylation sites (tertiary alicyclic amines) is 1. The molecule has 25 heavy (non-hydrogen) atoms. The fourth-order valence-electron chi connectivity index (χ4n) is 3.77. The number of carbonyl (C=O) groups is 2. The lowest BCUT2D eigenvalue weighted by Gasteiger charge is -2.30. The van der Waals surface area contributed by atoms with E-state index in [1.807, 2.05) is 39.5 Å². The van der Waals surface area contributed by atoms with Gasteiger partial charge in [-0.05, 0) is 50.3 Å². The third-order valence-corrected chi connectivity index (χ3v) is 5.27. The second-order valence-corrected chi connectivity index (χ2v) is 7.29. The molecule has 0 aromatic carbocycles. The minimum Gasteiger partial charge on any atom is -0.338 e. The Morgan fingerprint density at radius 1 is 1.32 bits per heavy atom. The standard InChI is InChI=1S/C19H24N4O2/c1-13-7-9-21-12-17(20-18(21)10-13)19(25)22-8-3-4-16(22)11-23(14(2)24)15-5-6-15/h7,9-10,12,15-16H,3-6,8,11H2,1-2H3. The average Bonchev–Trinajstić information content (AvgIpc) is 3.16. The fourth-order valence-corrected chi connectivity index (χ4v) is 3.77. The van der Waals surface area contributed by atoms with Crippen LogP contribution in [0.3, 0.4) is 0 Å². The van der Waals surface area contributed by atoms with Crippen LogP contribution in [-0.4, -0.2) is 56.2 Å². The molecule has 6 nitrogen and oxygen atoms in total. The molecule has 0 radical (unpaired) electrons. The minimum atomic E-state index is -0.0249. The molecule has 1 aliphatic heterocycles. The zero-order valence-electron chi connectivity index (χ0n) is 14.8. The average molecular weight is 340 g/mol. The first-order valence-corrected chi connectivity index (χ1v) is 9.06. The van der Waals surface area contributed by atoms with E-state index in [4.69, 9.17) is 0 Å². The van der Waals surface area contributed by atoms with Crippen LogP contribution >= 0.6 is 0 Å². The molecule has 1 saturated heterocycles. The number of carbonyl (C=O) groups excluding carboxylic acids is 2. The van der Waals surface area contributed by atoms with Crippen molar-refractivity contribution in [2.24, 2.45) is 0 Å². The quantitative estimate of drug-likeness (QED) is 0.858. The van der Waals surface area contributed by atoms with Crippen molar-refractivity contribution in [2.75, 3.05) is 13.1 Å². The smallest absolute Gasteiger partial charge is 0.274 e. The summed E-state index contributed by atoms with van der Waals surface area (Å²) in [6.07, 6.45) is 7.85. The monoisotopic (exact) mass is 340 g/mol. The van der Waals surface area contributed by atoms with Gasteiger partial charge in [0, 0.05) is 44.5 Å². The van der Waals surface area contributed by atoms with Gasteiger partial charge in [-0.25, -0.2) is 4.98 Å². The molecular formula is C19H24N4O2. The molecule has 6 heteroatoms. The number of amides is 2. The molecular weight excluding hydrogens is 316 g/mol. The summed E-state index contributed by atoms with van der Waals surface area (Å²) in [4.78, 5) is 33.3. The first kappa shape index (κ1) is 16.1. The van der Waals surface area contributed by atoms with Crippen LogP contribution in [0.15, 0.2) is 24.5 Å². The summed E-state index contributed by atoms with van der Waals surface area (Å²) in [5, 5.41) is 0. The Hall–Kier alpha value is -2.37. The highest BCUT2D eigenvalue weighted by Crippen LogP contribution is 2.29. The van der Waals surface area contributed by atoms with Gasteiger partial charge in [-0.15, -0.1) is 0 Å². The van der Waals surface area contributed by atoms with E-state index in [1.54, 1.807) is 13.1 Å². The summed E-state index contributed by atoms with van der Waals surface area (Å²) < 4.78 is 1.89. The molecule has 132 valence electrons. The zero-order valence-corrected chi connectivity index (χ0v) is 14.8. The van der Waals surface area contributed by atoms with Gasteiger partial charge in [0.2, 0.25) is 5.91 Å². The maximum Gasteiger partial charge on any atom is 0.274 e. The first-order chi connectivity index (χ1) is 12.0. The Bertz CT molecular complexity index is 824. The Morgan fingerprint density at radius 3 is 2.84 bits per heavy atom. The summed E-state index contributed by atoms with van der Waals surface area (Å²) in [7, 11) is 0. The summed E-state index contributed by atoms with van der Waals surface area (Å²) in [5.41, 5.74) is 2.40. The van der Waals surface area contributed by atoms with Gasteiger partial charge in [-0.3, -0.25) is 9.59 Å². The molecule has 2 aromatic rings. The predicted molar refractivity (Wildman–Crippen MR) is 94.4 cm³/mol. The molecule has 2 aromatic heterocycles. The number of hydrogen-bond acceptors (Lipinski definition) is 3. The van der Waals surface area contributed by atoms with Crippen LogP contribution in [0.1, 0.15) is 48.7 Å². The van der Waals surface area contributed by atoms with Gasteiger partial charge < -0.3 is 14.2 Å². The molecule has 0 bridgehead atoms. The van der Waals surface area contributed by atoms with Gasteiger partial charge in [0.1, 0.15) is 11.3 Å². The van der Waals surface area contributed by atoms with Crippen molar-refractivity contribution in [1.29, 1.82) is 0 Å². The van der Waals surface area contributed by atoms with Crippen LogP contribution in [0, 0.1) is 6.92 Å². The first-order valence-electron chi connectivity index (χ1n) is 9.06. The Balaban J connectivity index is 1.54. The molecule has 1 atom stereocenters. The van der Waals surface area contributed by atoms with E-state index < -0.39 is 0 Å². The molecule has 2 amide bonds. The molecule has 2 aliphatic rings. The second kappa shape index (κ2) is 6.17. The number of rotatable bonds is 4. The molecule has 1 unspecified atom stereocenters. The zero-order chi connectivity index (χ0) is 17.6. The van der Waals surface area contributed by atoms with E-state index in [2.05, 4.69) is 4.98 Å². The summed E-state index contributed by atoms with van der Waals surface area (Å²) >= 11 is 0. The van der Waals surface area contributed by atoms with Gasteiger partial charge in [0.15, 0.2) is 0 Å². The fraction of sp³-hybridized carbons (Fsp3) is 0.526. The number of aromatic nitrogens is 2. The van der Waals surface area contributed by atoms with Crippen molar-refractivity contribution in [1.82, 2.24) is 19.2 Å². The predicted octanol–water partition coefficient (Wildman–Crippen LogP) is 2.26. The third kappa shape index (κ3) is 3.13. The van der Waals surface area contributed by atoms with Crippen LogP contribution in [0.5, 0.6) is 0 Å². The largest absolute Gasteiger partial charge is 0.338 e. The maximum atomic E-state index is 13.0. The number of nitrogens with zero attached hydrogens (tertiary/aromatic N) is 4. The van der Waals surface area contributed by atoms with E-state index in [9.17, 15) is 9.59 Å². The van der Waals surface area contributed by atoms with Crippen LogP contribution in [-0.2, 0) is 4.79 Å². The minimum absolute atomic E-state index is 0.0249. The van der Waals surface area contributed by atoms with Crippen molar-refractivity contribution in [2.45, 2.75) is 51.6 Å². The van der Waals surface area contributed by atoms with Crippen molar-refractivity contribution in [3.05, 3.63) is 35.8 Å². The lowest BCUT2D eigenvalue weighted by atomic mass is 10.2. The Kier molecular flexibility index (Phi) is 3.98. The van der Waals surface area contributed by atoms with E-state index in [-0.39, 0.29) is 17.9 Å². The highest BCUT2D eigenvalue weighted by atomic mass is 16.2. The highest BCUT2D eigenvalue weighted by molar-refractivity contribution is 5.93. The van der Waals surface area contributed by atoms with E-state index in [0.717, 1.165) is 43.4 Å². The van der Waals surface area contributed by atoms with Crippen LogP contribution in [0.25, 0.3) is 5.65 Å². The number of hydrogen-bond donors (Lipinski definition) is 0. The summed E-state index contributed by atoms with van der Waals surface area (Å²) in [6, 6.07) is 4.46. The van der Waals surface area contributed by atoms with Gasteiger partial charge in [-0.2, -0.15) is 0 Å². The van der Waals surface area contributed by atoms with Crippen molar-refractivity contribution < 1.29 is 9.59 Å². The SMILES string of the molecule is CC(=O)N(CC1CCCN1C(=O)c1cn2ccc(C)cc2n1)C1CC1.